The van der Waals surface area contributed by atoms with E-state index in [0.29, 0.717) is 12.1 Å². The Morgan fingerprint density at radius 3 is 1.88 bits per heavy atom. The van der Waals surface area contributed by atoms with E-state index >= 15 is 0 Å². The number of aliphatic imine (C=N–C) groups is 1. The molecule has 3 aromatic carbocycles. The molecule has 0 radical (unpaired) electrons. The number of anilines is 2. The maximum Gasteiger partial charge on any atom is 0.306 e. The van der Waals surface area contributed by atoms with Crippen LogP contribution < -0.4 is 5.32 Å². The molecule has 2 N–H and O–H groups in total. The monoisotopic (exact) mass is 468 g/mol. The molecule has 0 bridgehead atoms. The maximum atomic E-state index is 11.5. The van der Waals surface area contributed by atoms with Crippen molar-refractivity contribution in [1.29, 1.82) is 0 Å². The summed E-state index contributed by atoms with van der Waals surface area (Å²) < 4.78 is 0. The highest BCUT2D eigenvalue weighted by Gasteiger charge is 2.31. The molecule has 15 nitrogen and oxygen atoms in total. The fraction of sp³-hybridized carbons (Fsp3) is 0. The Labute approximate surface area is 188 Å². The molecule has 0 aliphatic heterocycles. The van der Waals surface area contributed by atoms with Gasteiger partial charge in [0.25, 0.3) is 11.4 Å². The van der Waals surface area contributed by atoms with Gasteiger partial charge in [-0.1, -0.05) is 12.1 Å². The lowest BCUT2D eigenvalue weighted by molar-refractivity contribution is -0.401. The molecule has 0 saturated heterocycles. The number of aromatic hydroxyl groups is 1. The molecule has 0 spiro atoms. The van der Waals surface area contributed by atoms with E-state index in [1.54, 1.807) is 6.07 Å². The molecule has 0 heterocycles. The first kappa shape index (κ1) is 23.2. The van der Waals surface area contributed by atoms with Crippen LogP contribution in [0.4, 0.5) is 39.8 Å². The number of nitro benzene ring substituents is 4. The number of rotatable bonds is 8. The minimum absolute atomic E-state index is 0.0696. The Kier molecular flexibility index (Phi) is 6.38. The summed E-state index contributed by atoms with van der Waals surface area (Å²) in [6.07, 6.45) is 1.16. The van der Waals surface area contributed by atoms with Gasteiger partial charge in [-0.05, 0) is 18.2 Å². The number of nitrogens with one attached hydrogen (secondary N) is 1. The topological polar surface area (TPSA) is 217 Å². The van der Waals surface area contributed by atoms with Crippen LogP contribution in [0.1, 0.15) is 5.56 Å². The van der Waals surface area contributed by atoms with Crippen LogP contribution in [0.2, 0.25) is 0 Å². The van der Waals surface area contributed by atoms with Gasteiger partial charge in [-0.3, -0.25) is 45.4 Å². The van der Waals surface area contributed by atoms with Crippen molar-refractivity contribution in [3.8, 4) is 5.75 Å². The molecule has 15 heteroatoms. The summed E-state index contributed by atoms with van der Waals surface area (Å²) in [5, 5.41) is 57.3. The minimum atomic E-state index is -0.997. The Balaban J connectivity index is 2.06. The van der Waals surface area contributed by atoms with Gasteiger partial charge in [0.05, 0.1) is 49.3 Å². The number of non-ortho nitro benzene ring substituents is 2. The van der Waals surface area contributed by atoms with Crippen LogP contribution in [-0.2, 0) is 0 Å². The molecular formula is C19H12N6O9. The number of hydrogen-bond acceptors (Lipinski definition) is 11. The average Bonchev–Trinajstić information content (AvgIpc) is 2.78. The van der Waals surface area contributed by atoms with Crippen molar-refractivity contribution < 1.29 is 24.8 Å². The van der Waals surface area contributed by atoms with Gasteiger partial charge in [0, 0.05) is 17.8 Å². The Hall–Kier alpha value is -5.47. The second kappa shape index (κ2) is 9.35. The van der Waals surface area contributed by atoms with Crippen LogP contribution in [0.15, 0.2) is 59.6 Å². The first-order valence-electron chi connectivity index (χ1n) is 9.07. The van der Waals surface area contributed by atoms with Gasteiger partial charge in [-0.15, -0.1) is 0 Å². The largest absolute Gasteiger partial charge is 0.507 e. The number of hydrogen-bond donors (Lipinski definition) is 2. The molecule has 0 unspecified atom stereocenters. The van der Waals surface area contributed by atoms with Crippen LogP contribution in [0.5, 0.6) is 5.75 Å². The van der Waals surface area contributed by atoms with Gasteiger partial charge in [0.1, 0.15) is 5.75 Å². The van der Waals surface area contributed by atoms with Crippen molar-refractivity contribution in [2.45, 2.75) is 0 Å². The third-order valence-corrected chi connectivity index (χ3v) is 4.42. The summed E-state index contributed by atoms with van der Waals surface area (Å²) in [6.45, 7) is 0. The SMILES string of the molecule is O=[N+]([O-])c1ccc(C=Nc2ccccc2Nc2c([N+](=O)[O-])cc([N+](=O)[O-])cc2[N+](=O)[O-])c(O)c1. The van der Waals surface area contributed by atoms with Gasteiger partial charge in [-0.25, -0.2) is 0 Å². The number of phenols is 1. The van der Waals surface area contributed by atoms with E-state index in [2.05, 4.69) is 10.3 Å². The van der Waals surface area contributed by atoms with E-state index in [4.69, 9.17) is 0 Å². The first-order chi connectivity index (χ1) is 16.1. The van der Waals surface area contributed by atoms with Crippen molar-refractivity contribution in [3.05, 3.63) is 101 Å². The average molecular weight is 468 g/mol. The molecule has 172 valence electrons. The fourth-order valence-corrected chi connectivity index (χ4v) is 2.84. The van der Waals surface area contributed by atoms with Crippen LogP contribution in [0.25, 0.3) is 0 Å². The summed E-state index contributed by atoms with van der Waals surface area (Å²) in [4.78, 5) is 45.3. The molecule has 0 aliphatic rings. The molecule has 0 saturated carbocycles. The summed E-state index contributed by atoms with van der Waals surface area (Å²) in [7, 11) is 0. The number of nitro groups is 4. The van der Waals surface area contributed by atoms with Gasteiger partial charge < -0.3 is 10.4 Å². The highest BCUT2D eigenvalue weighted by atomic mass is 16.6. The van der Waals surface area contributed by atoms with Gasteiger partial charge in [0.15, 0.2) is 5.69 Å². The highest BCUT2D eigenvalue weighted by Crippen LogP contribution is 2.41. The standard InChI is InChI=1S/C19H12N6O9/c26-18-9-12(22(27)28)6-5-11(18)10-20-14-3-1-2-4-15(14)21-19-16(24(31)32)7-13(23(29)30)8-17(19)25(33)34/h1-10,21,26H. The maximum absolute atomic E-state index is 11.5. The van der Waals surface area contributed by atoms with E-state index in [1.165, 1.54) is 24.3 Å². The Morgan fingerprint density at radius 2 is 1.35 bits per heavy atom. The summed E-state index contributed by atoms with van der Waals surface area (Å²) in [5.74, 6) is -0.426. The quantitative estimate of drug-likeness (QED) is 0.267. The minimum Gasteiger partial charge on any atom is -0.507 e. The highest BCUT2D eigenvalue weighted by molar-refractivity contribution is 5.89. The van der Waals surface area contributed by atoms with Crippen molar-refractivity contribution in [2.75, 3.05) is 5.32 Å². The summed E-state index contributed by atoms with van der Waals surface area (Å²) >= 11 is 0. The predicted octanol–water partition coefficient (Wildman–Crippen LogP) is 4.52. The van der Waals surface area contributed by atoms with Gasteiger partial charge in [0.2, 0.25) is 0 Å². The Bertz CT molecular complexity index is 1340. The lowest BCUT2D eigenvalue weighted by Gasteiger charge is -2.10. The smallest absolute Gasteiger partial charge is 0.306 e. The van der Waals surface area contributed by atoms with Crippen molar-refractivity contribution >= 4 is 46.0 Å². The molecule has 0 aliphatic carbocycles. The first-order valence-corrected chi connectivity index (χ1v) is 9.07. The molecule has 0 aromatic heterocycles. The number of para-hydroxylation sites is 2. The molecule has 34 heavy (non-hydrogen) atoms. The number of nitrogens with zero attached hydrogens (tertiary/aromatic N) is 5. The molecule has 3 rings (SSSR count). The van der Waals surface area contributed by atoms with E-state index in [9.17, 15) is 45.6 Å². The molecular weight excluding hydrogens is 456 g/mol. The van der Waals surface area contributed by atoms with E-state index < -0.39 is 48.2 Å². The van der Waals surface area contributed by atoms with Crippen LogP contribution >= 0.6 is 0 Å². The Morgan fingerprint density at radius 1 is 0.765 bits per heavy atom. The van der Waals surface area contributed by atoms with Gasteiger partial charge >= 0.3 is 11.4 Å². The van der Waals surface area contributed by atoms with Gasteiger partial charge in [-0.2, -0.15) is 0 Å². The summed E-state index contributed by atoms with van der Waals surface area (Å²) in [6, 6.07) is 10.4. The van der Waals surface area contributed by atoms with E-state index in [-0.39, 0.29) is 22.6 Å². The number of phenolic OH excluding ortho intramolecular Hbond substituents is 1. The summed E-state index contributed by atoms with van der Waals surface area (Å²) in [5.41, 5.74) is -3.24. The zero-order chi connectivity index (χ0) is 25.0. The van der Waals surface area contributed by atoms with E-state index in [1.807, 2.05) is 0 Å². The fourth-order valence-electron chi connectivity index (χ4n) is 2.84. The number of benzene rings is 3. The van der Waals surface area contributed by atoms with Crippen LogP contribution in [-0.4, -0.2) is 31.0 Å². The molecule has 3 aromatic rings. The third kappa shape index (κ3) is 4.88. The normalized spacial score (nSPS) is 10.7. The third-order valence-electron chi connectivity index (χ3n) is 4.42. The molecule has 0 amide bonds. The lowest BCUT2D eigenvalue weighted by Crippen LogP contribution is -2.03. The second-order valence-corrected chi connectivity index (χ2v) is 6.53. The zero-order valence-corrected chi connectivity index (χ0v) is 16.7. The van der Waals surface area contributed by atoms with Crippen molar-refractivity contribution in [3.63, 3.8) is 0 Å². The zero-order valence-electron chi connectivity index (χ0n) is 16.7. The molecule has 0 fully saturated rings. The van der Waals surface area contributed by atoms with Crippen LogP contribution in [0, 0.1) is 40.5 Å². The van der Waals surface area contributed by atoms with E-state index in [0.717, 1.165) is 18.3 Å². The van der Waals surface area contributed by atoms with Crippen molar-refractivity contribution in [2.24, 2.45) is 4.99 Å². The van der Waals surface area contributed by atoms with Crippen molar-refractivity contribution in [1.82, 2.24) is 0 Å². The predicted molar refractivity (Wildman–Crippen MR) is 118 cm³/mol. The molecule has 0 atom stereocenters. The van der Waals surface area contributed by atoms with Crippen LogP contribution in [0.3, 0.4) is 0 Å². The lowest BCUT2D eigenvalue weighted by atomic mass is 10.1. The second-order valence-electron chi connectivity index (χ2n) is 6.53.